The Morgan fingerprint density at radius 1 is 1.32 bits per heavy atom. The van der Waals surface area contributed by atoms with E-state index in [0.717, 1.165) is 41.9 Å². The van der Waals surface area contributed by atoms with Crippen LogP contribution in [0.4, 0.5) is 8.78 Å². The van der Waals surface area contributed by atoms with Gasteiger partial charge in [0.1, 0.15) is 11.6 Å². The van der Waals surface area contributed by atoms with Gasteiger partial charge in [-0.1, -0.05) is 0 Å². The van der Waals surface area contributed by atoms with Crippen LogP contribution in [-0.4, -0.2) is 33.7 Å². The van der Waals surface area contributed by atoms with E-state index in [0.29, 0.717) is 25.1 Å². The first-order chi connectivity index (χ1) is 11.9. The predicted molar refractivity (Wildman–Crippen MR) is 91.3 cm³/mol. The van der Waals surface area contributed by atoms with E-state index in [1.807, 2.05) is 20.9 Å². The summed E-state index contributed by atoms with van der Waals surface area (Å²) in [5.74, 6) is -0.994. The van der Waals surface area contributed by atoms with Crippen molar-refractivity contribution in [3.63, 3.8) is 0 Å². The molecule has 134 valence electrons. The minimum absolute atomic E-state index is 0.0145. The largest absolute Gasteiger partial charge is 0.342 e. The molecule has 1 aromatic carbocycles. The summed E-state index contributed by atoms with van der Waals surface area (Å²) in [6.07, 6.45) is 1.84. The second-order valence-electron chi connectivity index (χ2n) is 6.79. The summed E-state index contributed by atoms with van der Waals surface area (Å²) in [6.45, 7) is 4.93. The van der Waals surface area contributed by atoms with Crippen molar-refractivity contribution in [2.75, 3.05) is 13.1 Å². The van der Waals surface area contributed by atoms with Gasteiger partial charge in [0, 0.05) is 37.3 Å². The molecule has 1 atom stereocenters. The van der Waals surface area contributed by atoms with Gasteiger partial charge in [0.25, 0.3) is 0 Å². The predicted octanol–water partition coefficient (Wildman–Crippen LogP) is 3.26. The zero-order chi connectivity index (χ0) is 18.1. The maximum absolute atomic E-state index is 14.1. The van der Waals surface area contributed by atoms with Crippen molar-refractivity contribution in [3.05, 3.63) is 52.3 Å². The molecule has 3 rings (SSSR count). The lowest BCUT2D eigenvalue weighted by atomic mass is 9.90. The molecule has 0 unspecified atom stereocenters. The molecule has 0 spiro atoms. The van der Waals surface area contributed by atoms with Crippen LogP contribution in [-0.2, 0) is 18.3 Å². The molecule has 25 heavy (non-hydrogen) atoms. The number of hydrogen-bond acceptors (Lipinski definition) is 2. The minimum atomic E-state index is -0.443. The Bertz CT molecular complexity index is 800. The number of hydrogen-bond donors (Lipinski definition) is 0. The summed E-state index contributed by atoms with van der Waals surface area (Å²) in [4.78, 5) is 14.5. The van der Waals surface area contributed by atoms with Crippen LogP contribution in [0.15, 0.2) is 18.2 Å². The lowest BCUT2D eigenvalue weighted by Crippen LogP contribution is -2.40. The maximum Gasteiger partial charge on any atom is 0.227 e. The third kappa shape index (κ3) is 3.57. The first-order valence-corrected chi connectivity index (χ1v) is 8.58. The van der Waals surface area contributed by atoms with E-state index in [1.165, 1.54) is 6.07 Å². The van der Waals surface area contributed by atoms with Gasteiger partial charge in [0.2, 0.25) is 5.91 Å². The van der Waals surface area contributed by atoms with Gasteiger partial charge >= 0.3 is 0 Å². The Balaban J connectivity index is 1.74. The molecule has 6 heteroatoms. The molecule has 2 aromatic rings. The second kappa shape index (κ2) is 6.94. The Labute approximate surface area is 146 Å². The summed E-state index contributed by atoms with van der Waals surface area (Å²) in [7, 11) is 1.86. The quantitative estimate of drug-likeness (QED) is 0.855. The summed E-state index contributed by atoms with van der Waals surface area (Å²) < 4.78 is 29.3. The number of aryl methyl sites for hydroxylation is 2. The number of halogens is 2. The monoisotopic (exact) mass is 347 g/mol. The molecule has 1 aromatic heterocycles. The van der Waals surface area contributed by atoms with Crippen molar-refractivity contribution >= 4 is 5.91 Å². The molecule has 0 saturated carbocycles. The number of carbonyl (C=O) groups excluding carboxylic acids is 1. The molecular weight excluding hydrogens is 324 g/mol. The summed E-state index contributed by atoms with van der Waals surface area (Å²) in [5, 5.41) is 4.35. The molecule has 0 N–H and O–H groups in total. The van der Waals surface area contributed by atoms with E-state index in [-0.39, 0.29) is 11.8 Å². The number of aromatic nitrogens is 2. The summed E-state index contributed by atoms with van der Waals surface area (Å²) in [5.41, 5.74) is 3.16. The first-order valence-electron chi connectivity index (χ1n) is 8.58. The molecule has 0 bridgehead atoms. The van der Waals surface area contributed by atoms with E-state index >= 15 is 0 Å². The van der Waals surface area contributed by atoms with Gasteiger partial charge in [-0.25, -0.2) is 8.78 Å². The maximum atomic E-state index is 14.1. The molecule has 0 radical (unpaired) electrons. The van der Waals surface area contributed by atoms with Gasteiger partial charge in [-0.2, -0.15) is 5.10 Å². The van der Waals surface area contributed by atoms with Crippen molar-refractivity contribution in [2.24, 2.45) is 7.05 Å². The SMILES string of the molecule is Cc1nn(C)c(C)c1CC(=O)N1CCC[C@H](c2cc(F)ccc2F)C1. The fraction of sp³-hybridized carbons (Fsp3) is 0.474. The van der Waals surface area contributed by atoms with Crippen LogP contribution in [0.2, 0.25) is 0 Å². The number of piperidine rings is 1. The van der Waals surface area contributed by atoms with Crippen molar-refractivity contribution < 1.29 is 13.6 Å². The zero-order valence-electron chi connectivity index (χ0n) is 14.9. The highest BCUT2D eigenvalue weighted by molar-refractivity contribution is 5.79. The minimum Gasteiger partial charge on any atom is -0.342 e. The van der Waals surface area contributed by atoms with Gasteiger partial charge in [0.05, 0.1) is 12.1 Å². The molecule has 2 heterocycles. The fourth-order valence-corrected chi connectivity index (χ4v) is 3.62. The van der Waals surface area contributed by atoms with E-state index in [1.54, 1.807) is 9.58 Å². The van der Waals surface area contributed by atoms with E-state index in [9.17, 15) is 13.6 Å². The van der Waals surface area contributed by atoms with Crippen molar-refractivity contribution in [1.82, 2.24) is 14.7 Å². The van der Waals surface area contributed by atoms with Crippen LogP contribution in [0, 0.1) is 25.5 Å². The highest BCUT2D eigenvalue weighted by atomic mass is 19.1. The Kier molecular flexibility index (Phi) is 4.88. The average Bonchev–Trinajstić information content (AvgIpc) is 2.83. The Morgan fingerprint density at radius 3 is 2.76 bits per heavy atom. The molecule has 0 aliphatic carbocycles. The standard InChI is InChI=1S/C19H23F2N3O/c1-12-16(13(2)23(3)22-12)10-19(25)24-8-4-5-14(11-24)17-9-15(20)6-7-18(17)21/h6-7,9,14H,4-5,8,10-11H2,1-3H3/t14-/m0/s1. The van der Waals surface area contributed by atoms with Gasteiger partial charge < -0.3 is 4.90 Å². The fourth-order valence-electron chi connectivity index (χ4n) is 3.62. The third-order valence-corrected chi connectivity index (χ3v) is 5.16. The number of rotatable bonds is 3. The Hall–Kier alpha value is -2.24. The van der Waals surface area contributed by atoms with Crippen LogP contribution in [0.5, 0.6) is 0 Å². The summed E-state index contributed by atoms with van der Waals surface area (Å²) in [6, 6.07) is 3.54. The van der Waals surface area contributed by atoms with Gasteiger partial charge in [-0.3, -0.25) is 9.48 Å². The van der Waals surface area contributed by atoms with Gasteiger partial charge in [-0.05, 0) is 50.5 Å². The Morgan fingerprint density at radius 2 is 2.08 bits per heavy atom. The number of amides is 1. The van der Waals surface area contributed by atoms with Crippen LogP contribution in [0.25, 0.3) is 0 Å². The third-order valence-electron chi connectivity index (χ3n) is 5.16. The van der Waals surface area contributed by atoms with Crippen LogP contribution in [0.1, 0.15) is 41.3 Å². The highest BCUT2D eigenvalue weighted by Gasteiger charge is 2.27. The number of carbonyl (C=O) groups is 1. The van der Waals surface area contributed by atoms with E-state index in [4.69, 9.17) is 0 Å². The molecule has 1 fully saturated rings. The molecule has 1 saturated heterocycles. The van der Waals surface area contributed by atoms with E-state index in [2.05, 4.69) is 5.10 Å². The molecule has 4 nitrogen and oxygen atoms in total. The molecule has 1 amide bonds. The smallest absolute Gasteiger partial charge is 0.227 e. The van der Waals surface area contributed by atoms with Gasteiger partial charge in [-0.15, -0.1) is 0 Å². The molecule has 1 aliphatic heterocycles. The van der Waals surface area contributed by atoms with Crippen molar-refractivity contribution in [1.29, 1.82) is 0 Å². The molecular formula is C19H23F2N3O. The van der Waals surface area contributed by atoms with Gasteiger partial charge in [0.15, 0.2) is 0 Å². The highest BCUT2D eigenvalue weighted by Crippen LogP contribution is 2.29. The summed E-state index contributed by atoms with van der Waals surface area (Å²) >= 11 is 0. The lowest BCUT2D eigenvalue weighted by molar-refractivity contribution is -0.131. The lowest BCUT2D eigenvalue weighted by Gasteiger charge is -2.33. The first kappa shape index (κ1) is 17.6. The van der Waals surface area contributed by atoms with Crippen LogP contribution in [0.3, 0.4) is 0 Å². The van der Waals surface area contributed by atoms with Crippen molar-refractivity contribution in [2.45, 2.75) is 39.0 Å². The number of likely N-dealkylation sites (tertiary alicyclic amines) is 1. The number of benzene rings is 1. The van der Waals surface area contributed by atoms with Crippen LogP contribution < -0.4 is 0 Å². The normalized spacial score (nSPS) is 17.8. The van der Waals surface area contributed by atoms with Crippen molar-refractivity contribution in [3.8, 4) is 0 Å². The average molecular weight is 347 g/mol. The van der Waals surface area contributed by atoms with E-state index < -0.39 is 11.6 Å². The molecule has 1 aliphatic rings. The zero-order valence-corrected chi connectivity index (χ0v) is 14.9. The van der Waals surface area contributed by atoms with Crippen LogP contribution >= 0.6 is 0 Å². The second-order valence-corrected chi connectivity index (χ2v) is 6.79. The topological polar surface area (TPSA) is 38.1 Å². The number of nitrogens with zero attached hydrogens (tertiary/aromatic N) is 3.